The molecule has 2 unspecified atom stereocenters. The van der Waals surface area contributed by atoms with Crippen molar-refractivity contribution in [3.8, 4) is 0 Å². The van der Waals surface area contributed by atoms with E-state index in [1.54, 1.807) is 6.07 Å². The van der Waals surface area contributed by atoms with Crippen LogP contribution >= 0.6 is 0 Å². The van der Waals surface area contributed by atoms with Crippen molar-refractivity contribution < 1.29 is 18.0 Å². The van der Waals surface area contributed by atoms with Gasteiger partial charge in [0, 0.05) is 44.3 Å². The Bertz CT molecular complexity index is 921. The molecular formula is C25H30F3N3O. The Kier molecular flexibility index (Phi) is 6.74. The van der Waals surface area contributed by atoms with E-state index in [0.717, 1.165) is 57.1 Å². The van der Waals surface area contributed by atoms with Gasteiger partial charge < -0.3 is 10.2 Å². The first-order chi connectivity index (χ1) is 15.3. The second-order valence-corrected chi connectivity index (χ2v) is 8.74. The lowest BCUT2D eigenvalue weighted by atomic mass is 9.98. The zero-order chi connectivity index (χ0) is 22.7. The van der Waals surface area contributed by atoms with Crippen LogP contribution in [0.3, 0.4) is 0 Å². The highest BCUT2D eigenvalue weighted by Crippen LogP contribution is 2.32. The summed E-state index contributed by atoms with van der Waals surface area (Å²) in [5.74, 6) is 0.120. The summed E-state index contributed by atoms with van der Waals surface area (Å²) in [4.78, 5) is 16.0. The summed E-state index contributed by atoms with van der Waals surface area (Å²) in [7, 11) is 0. The fourth-order valence-electron chi connectivity index (χ4n) is 4.78. The average Bonchev–Trinajstić information content (AvgIpc) is 3.24. The van der Waals surface area contributed by atoms with Crippen LogP contribution < -0.4 is 10.2 Å². The predicted octanol–water partition coefficient (Wildman–Crippen LogP) is 4.80. The highest BCUT2D eigenvalue weighted by atomic mass is 19.4. The Morgan fingerprint density at radius 1 is 1.06 bits per heavy atom. The molecule has 1 amide bonds. The van der Waals surface area contributed by atoms with Gasteiger partial charge in [0.15, 0.2) is 0 Å². The van der Waals surface area contributed by atoms with Gasteiger partial charge in [-0.3, -0.25) is 9.69 Å². The Morgan fingerprint density at radius 2 is 1.78 bits per heavy atom. The minimum Gasteiger partial charge on any atom is -0.369 e. The predicted molar refractivity (Wildman–Crippen MR) is 120 cm³/mol. The molecule has 4 rings (SSSR count). The third kappa shape index (κ3) is 5.26. The molecule has 0 bridgehead atoms. The van der Waals surface area contributed by atoms with Crippen LogP contribution in [0, 0.1) is 0 Å². The molecule has 2 aromatic rings. The number of carbonyl (C=O) groups is 1. The number of anilines is 1. The first kappa shape index (κ1) is 22.6. The summed E-state index contributed by atoms with van der Waals surface area (Å²) in [5, 5.41) is 3.01. The Hall–Kier alpha value is -2.54. The van der Waals surface area contributed by atoms with Crippen LogP contribution in [0.15, 0.2) is 48.5 Å². The number of halogens is 3. The van der Waals surface area contributed by atoms with Crippen LogP contribution in [0.5, 0.6) is 0 Å². The maximum absolute atomic E-state index is 13.0. The third-order valence-corrected chi connectivity index (χ3v) is 6.69. The zero-order valence-electron chi connectivity index (χ0n) is 18.4. The van der Waals surface area contributed by atoms with E-state index in [1.165, 1.54) is 17.7 Å². The van der Waals surface area contributed by atoms with Crippen LogP contribution in [0.1, 0.15) is 48.9 Å². The van der Waals surface area contributed by atoms with Crippen molar-refractivity contribution in [2.45, 2.75) is 50.9 Å². The van der Waals surface area contributed by atoms with E-state index in [1.807, 2.05) is 4.90 Å². The maximum Gasteiger partial charge on any atom is 0.416 e. The van der Waals surface area contributed by atoms with Gasteiger partial charge >= 0.3 is 6.18 Å². The quantitative estimate of drug-likeness (QED) is 0.694. The van der Waals surface area contributed by atoms with Gasteiger partial charge in [-0.05, 0) is 48.6 Å². The zero-order valence-corrected chi connectivity index (χ0v) is 18.4. The van der Waals surface area contributed by atoms with E-state index in [4.69, 9.17) is 0 Å². The highest BCUT2D eigenvalue weighted by molar-refractivity contribution is 5.78. The van der Waals surface area contributed by atoms with Gasteiger partial charge in [0.2, 0.25) is 5.91 Å². The topological polar surface area (TPSA) is 35.6 Å². The first-order valence-electron chi connectivity index (χ1n) is 11.4. The van der Waals surface area contributed by atoms with Gasteiger partial charge in [0.1, 0.15) is 0 Å². The Morgan fingerprint density at radius 3 is 2.38 bits per heavy atom. The molecule has 7 heteroatoms. The molecule has 1 N–H and O–H groups in total. The lowest BCUT2D eigenvalue weighted by Gasteiger charge is -2.40. The molecule has 2 aliphatic rings. The van der Waals surface area contributed by atoms with Crippen LogP contribution in [0.2, 0.25) is 0 Å². The fraction of sp³-hybridized carbons (Fsp3) is 0.480. The summed E-state index contributed by atoms with van der Waals surface area (Å²) in [6.07, 6.45) is -0.909. The molecule has 2 aromatic carbocycles. The smallest absolute Gasteiger partial charge is 0.369 e. The van der Waals surface area contributed by atoms with Crippen LogP contribution in [0.25, 0.3) is 0 Å². The van der Waals surface area contributed by atoms with E-state index < -0.39 is 11.7 Å². The average molecular weight is 446 g/mol. The van der Waals surface area contributed by atoms with Gasteiger partial charge in [-0.15, -0.1) is 0 Å². The summed E-state index contributed by atoms with van der Waals surface area (Å²) in [6, 6.07) is 14.7. The number of piperazine rings is 1. The second kappa shape index (κ2) is 9.53. The highest BCUT2D eigenvalue weighted by Gasteiger charge is 2.31. The molecule has 2 aliphatic heterocycles. The summed E-state index contributed by atoms with van der Waals surface area (Å²) in [6.45, 7) is 5.30. The van der Waals surface area contributed by atoms with E-state index in [9.17, 15) is 18.0 Å². The second-order valence-electron chi connectivity index (χ2n) is 8.74. The van der Waals surface area contributed by atoms with Gasteiger partial charge in [-0.2, -0.15) is 13.2 Å². The van der Waals surface area contributed by atoms with E-state index >= 15 is 0 Å². The number of hydrogen-bond acceptors (Lipinski definition) is 3. The van der Waals surface area contributed by atoms with Crippen molar-refractivity contribution in [3.63, 3.8) is 0 Å². The standard InChI is InChI=1S/C25H30F3N3O/c1-2-21(16-18-6-8-19(9-7-18)23-10-11-24(32)29-23)30-12-14-31(15-13-30)22-5-3-4-20(17-22)25(26,27)28/h3-9,17,21,23H,2,10-16H2,1H3,(H,29,32). The van der Waals surface area contributed by atoms with E-state index in [-0.39, 0.29) is 11.9 Å². The number of nitrogens with one attached hydrogen (secondary N) is 1. The number of amides is 1. The number of nitrogens with zero attached hydrogens (tertiary/aromatic N) is 2. The molecule has 2 saturated heterocycles. The number of rotatable bonds is 6. The fourth-order valence-corrected chi connectivity index (χ4v) is 4.78. The van der Waals surface area contributed by atoms with Gasteiger partial charge in [0.25, 0.3) is 0 Å². The largest absolute Gasteiger partial charge is 0.416 e. The molecule has 0 aromatic heterocycles. The molecule has 0 spiro atoms. The molecule has 172 valence electrons. The molecule has 0 radical (unpaired) electrons. The third-order valence-electron chi connectivity index (χ3n) is 6.69. The normalized spacial score (nSPS) is 20.9. The molecule has 0 aliphatic carbocycles. The minimum absolute atomic E-state index is 0.120. The van der Waals surface area contributed by atoms with Gasteiger partial charge in [0.05, 0.1) is 11.6 Å². The molecule has 2 fully saturated rings. The maximum atomic E-state index is 13.0. The first-order valence-corrected chi connectivity index (χ1v) is 11.4. The number of benzene rings is 2. The SMILES string of the molecule is CCC(Cc1ccc(C2CCC(=O)N2)cc1)N1CCN(c2cccc(C(F)(F)F)c2)CC1. The van der Waals surface area contributed by atoms with E-state index in [0.29, 0.717) is 18.2 Å². The van der Waals surface area contributed by atoms with Crippen molar-refractivity contribution in [3.05, 3.63) is 65.2 Å². The Balaban J connectivity index is 1.34. The van der Waals surface area contributed by atoms with Crippen molar-refractivity contribution in [1.82, 2.24) is 10.2 Å². The summed E-state index contributed by atoms with van der Waals surface area (Å²) < 4.78 is 39.1. The van der Waals surface area contributed by atoms with Crippen LogP contribution in [-0.4, -0.2) is 43.0 Å². The number of hydrogen-bond donors (Lipinski definition) is 1. The van der Waals surface area contributed by atoms with Crippen LogP contribution in [0.4, 0.5) is 18.9 Å². The Labute approximate surface area is 187 Å². The van der Waals surface area contributed by atoms with Gasteiger partial charge in [-0.25, -0.2) is 0 Å². The van der Waals surface area contributed by atoms with Crippen molar-refractivity contribution in [2.24, 2.45) is 0 Å². The lowest BCUT2D eigenvalue weighted by Crippen LogP contribution is -2.51. The van der Waals surface area contributed by atoms with Crippen molar-refractivity contribution in [2.75, 3.05) is 31.1 Å². The minimum atomic E-state index is -4.32. The van der Waals surface area contributed by atoms with Gasteiger partial charge in [-0.1, -0.05) is 37.3 Å². The molecule has 2 heterocycles. The van der Waals surface area contributed by atoms with Crippen LogP contribution in [-0.2, 0) is 17.4 Å². The molecule has 32 heavy (non-hydrogen) atoms. The van der Waals surface area contributed by atoms with Crippen molar-refractivity contribution in [1.29, 1.82) is 0 Å². The summed E-state index contributed by atoms with van der Waals surface area (Å²) in [5.41, 5.74) is 2.47. The molecule has 0 saturated carbocycles. The van der Waals surface area contributed by atoms with E-state index in [2.05, 4.69) is 41.4 Å². The summed E-state index contributed by atoms with van der Waals surface area (Å²) >= 11 is 0. The van der Waals surface area contributed by atoms with Crippen molar-refractivity contribution >= 4 is 11.6 Å². The number of alkyl halides is 3. The molecular weight excluding hydrogens is 415 g/mol. The monoisotopic (exact) mass is 445 g/mol. The molecule has 2 atom stereocenters. The lowest BCUT2D eigenvalue weighted by molar-refractivity contribution is -0.137. The molecule has 4 nitrogen and oxygen atoms in total. The number of carbonyl (C=O) groups excluding carboxylic acids is 1.